The number of amides is 1. The van der Waals surface area contributed by atoms with Crippen molar-refractivity contribution in [2.75, 3.05) is 12.0 Å². The number of hydrogen-bond acceptors (Lipinski definition) is 3. The number of furan rings is 1. The molecule has 0 unspecified atom stereocenters. The van der Waals surface area contributed by atoms with Crippen molar-refractivity contribution in [1.82, 2.24) is 0 Å². The van der Waals surface area contributed by atoms with Gasteiger partial charge in [0.25, 0.3) is 0 Å². The number of anilines is 1. The number of carbonyl (C=O) groups excluding carboxylic acids is 1. The number of ether oxygens (including phenoxy) is 1. The van der Waals surface area contributed by atoms with Gasteiger partial charge in [-0.1, -0.05) is 30.3 Å². The Balaban J connectivity index is 1.70. The van der Waals surface area contributed by atoms with Gasteiger partial charge in [-0.25, -0.2) is 0 Å². The van der Waals surface area contributed by atoms with Crippen LogP contribution < -0.4 is 9.64 Å². The van der Waals surface area contributed by atoms with E-state index in [0.29, 0.717) is 19.4 Å². The van der Waals surface area contributed by atoms with Gasteiger partial charge in [-0.05, 0) is 48.4 Å². The van der Waals surface area contributed by atoms with Crippen LogP contribution in [-0.2, 0) is 17.8 Å². The molecule has 4 heteroatoms. The minimum atomic E-state index is 0.0680. The Bertz CT molecular complexity index is 780. The Morgan fingerprint density at radius 3 is 2.40 bits per heavy atom. The lowest BCUT2D eigenvalue weighted by molar-refractivity contribution is -0.118. The lowest BCUT2D eigenvalue weighted by Gasteiger charge is -2.22. The van der Waals surface area contributed by atoms with E-state index in [4.69, 9.17) is 9.15 Å². The first-order chi connectivity index (χ1) is 12.3. The van der Waals surface area contributed by atoms with Crippen molar-refractivity contribution in [1.29, 1.82) is 0 Å². The first kappa shape index (κ1) is 16.8. The van der Waals surface area contributed by atoms with Gasteiger partial charge in [-0.3, -0.25) is 4.79 Å². The molecule has 0 aliphatic carbocycles. The van der Waals surface area contributed by atoms with E-state index in [9.17, 15) is 4.79 Å². The van der Waals surface area contributed by atoms with Crippen LogP contribution in [0.15, 0.2) is 77.4 Å². The summed E-state index contributed by atoms with van der Waals surface area (Å²) in [5.41, 5.74) is 1.98. The van der Waals surface area contributed by atoms with Gasteiger partial charge in [0.2, 0.25) is 5.91 Å². The molecule has 2 aromatic carbocycles. The zero-order chi connectivity index (χ0) is 17.5. The van der Waals surface area contributed by atoms with Crippen molar-refractivity contribution < 1.29 is 13.9 Å². The Labute approximate surface area is 147 Å². The van der Waals surface area contributed by atoms with Gasteiger partial charge < -0.3 is 14.1 Å². The third kappa shape index (κ3) is 4.51. The van der Waals surface area contributed by atoms with E-state index >= 15 is 0 Å². The molecule has 4 nitrogen and oxygen atoms in total. The number of aryl methyl sites for hydroxylation is 1. The quantitative estimate of drug-likeness (QED) is 0.640. The molecule has 3 aromatic rings. The molecular weight excluding hydrogens is 314 g/mol. The van der Waals surface area contributed by atoms with Crippen LogP contribution >= 0.6 is 0 Å². The summed E-state index contributed by atoms with van der Waals surface area (Å²) in [5, 5.41) is 0. The molecule has 1 heterocycles. The van der Waals surface area contributed by atoms with Crippen LogP contribution in [0.25, 0.3) is 0 Å². The van der Waals surface area contributed by atoms with Gasteiger partial charge in [0.1, 0.15) is 11.5 Å². The van der Waals surface area contributed by atoms with Crippen molar-refractivity contribution in [2.45, 2.75) is 19.4 Å². The molecule has 1 amide bonds. The normalized spacial score (nSPS) is 10.4. The van der Waals surface area contributed by atoms with Crippen molar-refractivity contribution in [2.24, 2.45) is 0 Å². The van der Waals surface area contributed by atoms with Crippen LogP contribution in [0.4, 0.5) is 5.69 Å². The molecule has 1 aromatic heterocycles. The molecule has 0 aliphatic heterocycles. The fourth-order valence-electron chi connectivity index (χ4n) is 2.67. The van der Waals surface area contributed by atoms with Crippen LogP contribution in [0, 0.1) is 0 Å². The number of rotatable bonds is 7. The van der Waals surface area contributed by atoms with Gasteiger partial charge in [-0.15, -0.1) is 0 Å². The number of hydrogen-bond donors (Lipinski definition) is 0. The highest BCUT2D eigenvalue weighted by molar-refractivity contribution is 5.93. The maximum atomic E-state index is 12.8. The second kappa shape index (κ2) is 8.20. The van der Waals surface area contributed by atoms with Crippen LogP contribution in [0.3, 0.4) is 0 Å². The zero-order valence-electron chi connectivity index (χ0n) is 14.2. The highest BCUT2D eigenvalue weighted by atomic mass is 16.5. The summed E-state index contributed by atoms with van der Waals surface area (Å²) in [5.74, 6) is 1.65. The maximum absolute atomic E-state index is 12.8. The number of para-hydroxylation sites is 1. The molecule has 0 N–H and O–H groups in total. The molecule has 3 rings (SSSR count). The van der Waals surface area contributed by atoms with Crippen LogP contribution in [-0.4, -0.2) is 13.0 Å². The van der Waals surface area contributed by atoms with E-state index in [1.807, 2.05) is 66.7 Å². The fourth-order valence-corrected chi connectivity index (χ4v) is 2.67. The molecule has 0 saturated heterocycles. The van der Waals surface area contributed by atoms with E-state index in [2.05, 4.69) is 0 Å². The van der Waals surface area contributed by atoms with Gasteiger partial charge in [0.15, 0.2) is 0 Å². The molecular formula is C21H21NO3. The number of methoxy groups -OCH3 is 1. The largest absolute Gasteiger partial charge is 0.497 e. The molecule has 0 fully saturated rings. The lowest BCUT2D eigenvalue weighted by Crippen LogP contribution is -2.30. The van der Waals surface area contributed by atoms with E-state index in [0.717, 1.165) is 22.8 Å². The summed E-state index contributed by atoms with van der Waals surface area (Å²) >= 11 is 0. The molecule has 0 bridgehead atoms. The Morgan fingerprint density at radius 1 is 1.00 bits per heavy atom. The SMILES string of the molecule is COc1ccc(CCC(=O)N(Cc2ccco2)c2ccccc2)cc1. The number of nitrogens with zero attached hydrogens (tertiary/aromatic N) is 1. The van der Waals surface area contributed by atoms with Crippen molar-refractivity contribution in [3.63, 3.8) is 0 Å². The summed E-state index contributed by atoms with van der Waals surface area (Å²) in [7, 11) is 1.64. The standard InChI is InChI=1S/C21H21NO3/c1-24-19-12-9-17(10-13-19)11-14-21(23)22(16-20-8-5-15-25-20)18-6-3-2-4-7-18/h2-10,12-13,15H,11,14,16H2,1H3. The average molecular weight is 335 g/mol. The Kier molecular flexibility index (Phi) is 5.52. The zero-order valence-corrected chi connectivity index (χ0v) is 14.2. The monoisotopic (exact) mass is 335 g/mol. The second-order valence-electron chi connectivity index (χ2n) is 5.74. The first-order valence-corrected chi connectivity index (χ1v) is 8.27. The molecule has 0 aliphatic rings. The van der Waals surface area contributed by atoms with Crippen molar-refractivity contribution in [3.05, 3.63) is 84.3 Å². The minimum Gasteiger partial charge on any atom is -0.497 e. The average Bonchev–Trinajstić information content (AvgIpc) is 3.18. The molecule has 128 valence electrons. The van der Waals surface area contributed by atoms with Crippen molar-refractivity contribution in [3.8, 4) is 5.75 Å². The summed E-state index contributed by atoms with van der Waals surface area (Å²) in [6.45, 7) is 0.429. The van der Waals surface area contributed by atoms with E-state index < -0.39 is 0 Å². The van der Waals surface area contributed by atoms with Gasteiger partial charge in [0.05, 0.1) is 19.9 Å². The molecule has 0 spiro atoms. The van der Waals surface area contributed by atoms with Crippen LogP contribution in [0.5, 0.6) is 5.75 Å². The minimum absolute atomic E-state index is 0.0680. The lowest BCUT2D eigenvalue weighted by atomic mass is 10.1. The van der Waals surface area contributed by atoms with Crippen LogP contribution in [0.1, 0.15) is 17.7 Å². The van der Waals surface area contributed by atoms with E-state index in [1.165, 1.54) is 0 Å². The molecule has 25 heavy (non-hydrogen) atoms. The van der Waals surface area contributed by atoms with E-state index in [-0.39, 0.29) is 5.91 Å². The third-order valence-electron chi connectivity index (χ3n) is 4.05. The summed E-state index contributed by atoms with van der Waals surface area (Å²) in [6, 6.07) is 21.2. The number of benzene rings is 2. The number of carbonyl (C=O) groups is 1. The third-order valence-corrected chi connectivity index (χ3v) is 4.05. The smallest absolute Gasteiger partial charge is 0.227 e. The Hall–Kier alpha value is -3.01. The fraction of sp³-hybridized carbons (Fsp3) is 0.190. The predicted octanol–water partition coefficient (Wildman–Crippen LogP) is 4.45. The highest BCUT2D eigenvalue weighted by Gasteiger charge is 2.17. The van der Waals surface area contributed by atoms with Crippen molar-refractivity contribution >= 4 is 11.6 Å². The Morgan fingerprint density at radius 2 is 1.76 bits per heavy atom. The molecule has 0 radical (unpaired) electrons. The second-order valence-corrected chi connectivity index (χ2v) is 5.74. The first-order valence-electron chi connectivity index (χ1n) is 8.27. The summed E-state index contributed by atoms with van der Waals surface area (Å²) < 4.78 is 10.6. The topological polar surface area (TPSA) is 42.7 Å². The van der Waals surface area contributed by atoms with Gasteiger partial charge in [-0.2, -0.15) is 0 Å². The maximum Gasteiger partial charge on any atom is 0.227 e. The highest BCUT2D eigenvalue weighted by Crippen LogP contribution is 2.20. The van der Waals surface area contributed by atoms with Crippen LogP contribution in [0.2, 0.25) is 0 Å². The molecule has 0 saturated carbocycles. The summed E-state index contributed by atoms with van der Waals surface area (Å²) in [4.78, 5) is 14.6. The van der Waals surface area contributed by atoms with Gasteiger partial charge in [0, 0.05) is 12.1 Å². The van der Waals surface area contributed by atoms with E-state index in [1.54, 1.807) is 18.3 Å². The van der Waals surface area contributed by atoms with Gasteiger partial charge >= 0.3 is 0 Å². The molecule has 0 atom stereocenters. The predicted molar refractivity (Wildman–Crippen MR) is 97.7 cm³/mol. The summed E-state index contributed by atoms with van der Waals surface area (Å²) in [6.07, 6.45) is 2.74.